The van der Waals surface area contributed by atoms with E-state index in [0.29, 0.717) is 11.1 Å². The van der Waals surface area contributed by atoms with Crippen molar-refractivity contribution < 1.29 is 23.5 Å². The van der Waals surface area contributed by atoms with Gasteiger partial charge in [0.2, 0.25) is 5.91 Å². The van der Waals surface area contributed by atoms with Gasteiger partial charge >= 0.3 is 5.97 Å². The number of hydrogen-bond donors (Lipinski definition) is 1. The second-order valence-corrected chi connectivity index (χ2v) is 6.97. The van der Waals surface area contributed by atoms with E-state index in [0.717, 1.165) is 0 Å². The predicted octanol–water partition coefficient (Wildman–Crippen LogP) is 1.56. The highest BCUT2D eigenvalue weighted by molar-refractivity contribution is 5.97. The molecule has 2 aliphatic heterocycles. The van der Waals surface area contributed by atoms with E-state index >= 15 is 0 Å². The maximum atomic E-state index is 13.5. The lowest BCUT2D eigenvalue weighted by Gasteiger charge is -2.32. The number of carbonyl (C=O) groups is 3. The number of esters is 1. The van der Waals surface area contributed by atoms with E-state index in [1.165, 1.54) is 54.4 Å². The van der Waals surface area contributed by atoms with Gasteiger partial charge in [-0.25, -0.2) is 4.39 Å². The van der Waals surface area contributed by atoms with Crippen LogP contribution < -0.4 is 5.73 Å². The van der Waals surface area contributed by atoms with Gasteiger partial charge in [-0.15, -0.1) is 0 Å². The second-order valence-electron chi connectivity index (χ2n) is 6.97. The van der Waals surface area contributed by atoms with Crippen LogP contribution in [0.15, 0.2) is 48.2 Å². The van der Waals surface area contributed by atoms with Crippen molar-refractivity contribution in [2.24, 2.45) is 11.1 Å². The van der Waals surface area contributed by atoms with Crippen LogP contribution in [0.3, 0.4) is 0 Å². The van der Waals surface area contributed by atoms with E-state index in [4.69, 9.17) is 10.5 Å². The molecule has 3 rings (SSSR count). The summed E-state index contributed by atoms with van der Waals surface area (Å²) in [5.41, 5.74) is 4.56. The fraction of sp³-hybridized carbons (Fsp3) is 0.333. The van der Waals surface area contributed by atoms with Crippen LogP contribution >= 0.6 is 0 Å². The zero-order chi connectivity index (χ0) is 21.3. The minimum absolute atomic E-state index is 0.0323. The first-order chi connectivity index (χ1) is 13.8. The standard InChI is InChI=1S/C21H20FN3O4/c1-3-29-20(28)21(11-23)16-9-6-14(12(2)26)10-25(16)18(19(24)27)17(21)13-4-7-15(22)8-5-13/h4-10,16-18H,3H2,1-2H3,(H2,24,27)/t16-,17-,18+,21+/m1/s1. The molecule has 1 saturated heterocycles. The van der Waals surface area contributed by atoms with Crippen molar-refractivity contribution in [3.63, 3.8) is 0 Å². The Bertz CT molecular complexity index is 963. The van der Waals surface area contributed by atoms with Crippen molar-refractivity contribution in [2.75, 3.05) is 6.61 Å². The summed E-state index contributed by atoms with van der Waals surface area (Å²) in [7, 11) is 0. The van der Waals surface area contributed by atoms with E-state index in [-0.39, 0.29) is 12.4 Å². The average Bonchev–Trinajstić information content (AvgIpc) is 2.99. The third-order valence-electron chi connectivity index (χ3n) is 5.39. The Morgan fingerprint density at radius 1 is 1.31 bits per heavy atom. The molecule has 0 spiro atoms. The number of primary amides is 1. The van der Waals surface area contributed by atoms with Gasteiger partial charge < -0.3 is 15.4 Å². The highest BCUT2D eigenvalue weighted by Gasteiger charge is 2.66. The number of carbonyl (C=O) groups excluding carboxylic acids is 3. The molecule has 2 heterocycles. The van der Waals surface area contributed by atoms with E-state index in [1.54, 1.807) is 6.92 Å². The fourth-order valence-electron chi connectivity index (χ4n) is 4.14. The number of nitriles is 1. The average molecular weight is 397 g/mol. The Kier molecular flexibility index (Phi) is 5.25. The Balaban J connectivity index is 2.28. The summed E-state index contributed by atoms with van der Waals surface area (Å²) in [6.07, 6.45) is 4.49. The van der Waals surface area contributed by atoms with E-state index in [9.17, 15) is 24.0 Å². The summed E-state index contributed by atoms with van der Waals surface area (Å²) in [6, 6.07) is 5.27. The van der Waals surface area contributed by atoms with Crippen molar-refractivity contribution in [3.05, 3.63) is 59.6 Å². The van der Waals surface area contributed by atoms with Crippen LogP contribution in [0.4, 0.5) is 4.39 Å². The molecule has 7 nitrogen and oxygen atoms in total. The van der Waals surface area contributed by atoms with Crippen LogP contribution in [-0.2, 0) is 19.1 Å². The largest absolute Gasteiger partial charge is 0.465 e. The SMILES string of the molecule is CCOC(=O)[C@]1(C#N)[C@H](c2ccc(F)cc2)[C@@H](C(N)=O)N2C=C(C(C)=O)C=C[C@@H]21. The van der Waals surface area contributed by atoms with E-state index in [1.807, 2.05) is 0 Å². The molecule has 150 valence electrons. The molecule has 0 radical (unpaired) electrons. The van der Waals surface area contributed by atoms with Crippen LogP contribution in [-0.4, -0.2) is 41.3 Å². The van der Waals surface area contributed by atoms with Gasteiger partial charge in [-0.1, -0.05) is 24.3 Å². The number of Topliss-reactive ketones (excluding diaryl/α,β-unsaturated/α-hetero) is 1. The molecule has 1 aromatic carbocycles. The number of hydrogen-bond acceptors (Lipinski definition) is 6. The predicted molar refractivity (Wildman–Crippen MR) is 100 cm³/mol. The molecule has 0 aliphatic carbocycles. The van der Waals surface area contributed by atoms with Crippen LogP contribution in [0.5, 0.6) is 0 Å². The number of ketones is 1. The van der Waals surface area contributed by atoms with Crippen molar-refractivity contribution in [2.45, 2.75) is 31.8 Å². The van der Waals surface area contributed by atoms with Crippen LogP contribution in [0.25, 0.3) is 0 Å². The molecule has 0 saturated carbocycles. The number of allylic oxidation sites excluding steroid dienone is 2. The maximum absolute atomic E-state index is 13.5. The first-order valence-electron chi connectivity index (χ1n) is 9.09. The normalized spacial score (nSPS) is 27.6. The lowest BCUT2D eigenvalue weighted by Crippen LogP contribution is -2.45. The first-order valence-corrected chi connectivity index (χ1v) is 9.09. The topological polar surface area (TPSA) is 113 Å². The Labute approximate surface area is 167 Å². The molecule has 2 aliphatic rings. The number of ether oxygens (including phenoxy) is 1. The van der Waals surface area contributed by atoms with Gasteiger partial charge in [0.1, 0.15) is 11.9 Å². The minimum atomic E-state index is -1.82. The Morgan fingerprint density at radius 2 is 1.97 bits per heavy atom. The molecule has 29 heavy (non-hydrogen) atoms. The molecule has 4 atom stereocenters. The minimum Gasteiger partial charge on any atom is -0.465 e. The van der Waals surface area contributed by atoms with Crippen LogP contribution in [0.1, 0.15) is 25.3 Å². The summed E-state index contributed by atoms with van der Waals surface area (Å²) in [5, 5.41) is 10.2. The van der Waals surface area contributed by atoms with Crippen LogP contribution in [0.2, 0.25) is 0 Å². The van der Waals surface area contributed by atoms with Gasteiger partial charge in [0.05, 0.1) is 18.7 Å². The zero-order valence-corrected chi connectivity index (χ0v) is 16.0. The molecular weight excluding hydrogens is 377 g/mol. The molecule has 1 amide bonds. The van der Waals surface area contributed by atoms with E-state index < -0.39 is 41.1 Å². The van der Waals surface area contributed by atoms with Gasteiger partial charge in [-0.2, -0.15) is 5.26 Å². The monoisotopic (exact) mass is 397 g/mol. The Morgan fingerprint density at radius 3 is 2.48 bits per heavy atom. The van der Waals surface area contributed by atoms with Crippen LogP contribution in [0, 0.1) is 22.6 Å². The molecular formula is C21H20FN3O4. The van der Waals surface area contributed by atoms with Crippen molar-refractivity contribution >= 4 is 17.7 Å². The van der Waals surface area contributed by atoms with Crippen molar-refractivity contribution in [3.8, 4) is 6.07 Å². The molecule has 0 bridgehead atoms. The van der Waals surface area contributed by atoms with Gasteiger partial charge in [-0.3, -0.25) is 14.4 Å². The fourth-order valence-corrected chi connectivity index (χ4v) is 4.14. The number of nitrogens with zero attached hydrogens (tertiary/aromatic N) is 2. The van der Waals surface area contributed by atoms with Crippen molar-refractivity contribution in [1.29, 1.82) is 5.26 Å². The second kappa shape index (κ2) is 7.51. The molecule has 1 fully saturated rings. The molecule has 1 aromatic rings. The molecule has 2 N–H and O–H groups in total. The number of rotatable bonds is 5. The summed E-state index contributed by atoms with van der Waals surface area (Å²) in [5.74, 6) is -3.36. The number of nitrogens with two attached hydrogens (primary N) is 1. The highest BCUT2D eigenvalue weighted by atomic mass is 19.1. The quantitative estimate of drug-likeness (QED) is 0.755. The number of benzene rings is 1. The number of fused-ring (bicyclic) bond motifs is 1. The summed E-state index contributed by atoms with van der Waals surface area (Å²) in [4.78, 5) is 38.9. The van der Waals surface area contributed by atoms with Gasteiger partial charge in [0, 0.05) is 17.7 Å². The smallest absolute Gasteiger partial charge is 0.329 e. The molecule has 8 heteroatoms. The lowest BCUT2D eigenvalue weighted by molar-refractivity contribution is -0.153. The summed E-state index contributed by atoms with van der Waals surface area (Å²) < 4.78 is 18.7. The van der Waals surface area contributed by atoms with Gasteiger partial charge in [0.25, 0.3) is 0 Å². The lowest BCUT2D eigenvalue weighted by atomic mass is 9.68. The third kappa shape index (κ3) is 3.09. The molecule has 0 unspecified atom stereocenters. The van der Waals surface area contributed by atoms with Crippen molar-refractivity contribution in [1.82, 2.24) is 4.90 Å². The first kappa shape index (κ1) is 20.3. The summed E-state index contributed by atoms with van der Waals surface area (Å²) in [6.45, 7) is 3.01. The van der Waals surface area contributed by atoms with Gasteiger partial charge in [-0.05, 0) is 31.5 Å². The zero-order valence-electron chi connectivity index (χ0n) is 16.0. The number of amides is 1. The number of halogens is 1. The highest BCUT2D eigenvalue weighted by Crippen LogP contribution is 2.53. The van der Waals surface area contributed by atoms with E-state index in [2.05, 4.69) is 6.07 Å². The van der Waals surface area contributed by atoms with Gasteiger partial charge in [0.15, 0.2) is 11.2 Å². The summed E-state index contributed by atoms with van der Waals surface area (Å²) >= 11 is 0. The molecule has 0 aromatic heterocycles. The third-order valence-corrected chi connectivity index (χ3v) is 5.39. The Hall–Kier alpha value is -3.47. The maximum Gasteiger partial charge on any atom is 0.329 e.